The predicted octanol–water partition coefficient (Wildman–Crippen LogP) is 3.08. The Morgan fingerprint density at radius 1 is 1.29 bits per heavy atom. The maximum Gasteiger partial charge on any atom is 0.251 e. The van der Waals surface area contributed by atoms with Crippen LogP contribution in [-0.2, 0) is 6.42 Å². The largest absolute Gasteiger partial charge is 0.399 e. The van der Waals surface area contributed by atoms with Crippen LogP contribution in [0.2, 0.25) is 0 Å². The van der Waals surface area contributed by atoms with Gasteiger partial charge in [0.1, 0.15) is 5.82 Å². The van der Waals surface area contributed by atoms with Crippen molar-refractivity contribution in [1.29, 1.82) is 0 Å². The fourth-order valence-electron chi connectivity index (χ4n) is 2.27. The molecule has 0 aliphatic rings. The van der Waals surface area contributed by atoms with E-state index in [2.05, 4.69) is 5.32 Å². The molecule has 4 heteroatoms. The summed E-state index contributed by atoms with van der Waals surface area (Å²) in [4.78, 5) is 12.1. The van der Waals surface area contributed by atoms with Gasteiger partial charge in [0.2, 0.25) is 0 Å². The van der Waals surface area contributed by atoms with E-state index in [0.29, 0.717) is 0 Å². The van der Waals surface area contributed by atoms with Gasteiger partial charge < -0.3 is 11.1 Å². The zero-order valence-electron chi connectivity index (χ0n) is 12.2. The van der Waals surface area contributed by atoms with Gasteiger partial charge in [-0.3, -0.25) is 4.79 Å². The lowest BCUT2D eigenvalue weighted by Crippen LogP contribution is -2.34. The number of anilines is 1. The van der Waals surface area contributed by atoms with E-state index in [9.17, 15) is 9.18 Å². The van der Waals surface area contributed by atoms with Crippen molar-refractivity contribution in [2.45, 2.75) is 26.3 Å². The van der Waals surface area contributed by atoms with E-state index < -0.39 is 5.82 Å². The zero-order chi connectivity index (χ0) is 15.4. The van der Waals surface area contributed by atoms with Crippen LogP contribution < -0.4 is 11.1 Å². The van der Waals surface area contributed by atoms with Crippen molar-refractivity contribution in [2.24, 2.45) is 0 Å². The maximum atomic E-state index is 13.3. The summed E-state index contributed by atoms with van der Waals surface area (Å²) in [5.41, 5.74) is 8.41. The van der Waals surface area contributed by atoms with Gasteiger partial charge in [0.05, 0.1) is 0 Å². The fourth-order valence-corrected chi connectivity index (χ4v) is 2.27. The second-order valence-electron chi connectivity index (χ2n) is 5.28. The third kappa shape index (κ3) is 4.05. The number of nitrogens with one attached hydrogen (secondary N) is 1. The molecule has 2 aromatic carbocycles. The number of carbonyl (C=O) groups excluding carboxylic acids is 1. The number of carbonyl (C=O) groups is 1. The minimum absolute atomic E-state index is 0.0527. The van der Waals surface area contributed by atoms with Crippen LogP contribution in [0.25, 0.3) is 0 Å². The summed E-state index contributed by atoms with van der Waals surface area (Å²) < 4.78 is 13.3. The molecule has 0 fully saturated rings. The van der Waals surface area contributed by atoms with E-state index in [0.717, 1.165) is 6.42 Å². The van der Waals surface area contributed by atoms with Crippen molar-refractivity contribution in [2.75, 3.05) is 5.73 Å². The Kier molecular flexibility index (Phi) is 4.58. The van der Waals surface area contributed by atoms with Crippen LogP contribution in [0.15, 0.2) is 42.5 Å². The van der Waals surface area contributed by atoms with Gasteiger partial charge in [0.15, 0.2) is 0 Å². The molecule has 110 valence electrons. The molecular weight excluding hydrogens is 267 g/mol. The van der Waals surface area contributed by atoms with E-state index >= 15 is 0 Å². The molecule has 2 aromatic rings. The lowest BCUT2D eigenvalue weighted by molar-refractivity contribution is 0.0939. The summed E-state index contributed by atoms with van der Waals surface area (Å²) >= 11 is 0. The molecule has 1 amide bonds. The number of hydrogen-bond acceptors (Lipinski definition) is 2. The van der Waals surface area contributed by atoms with Crippen molar-refractivity contribution >= 4 is 11.6 Å². The Balaban J connectivity index is 2.04. The van der Waals surface area contributed by atoms with Crippen LogP contribution in [0.1, 0.15) is 28.4 Å². The smallest absolute Gasteiger partial charge is 0.251 e. The maximum absolute atomic E-state index is 13.3. The molecule has 3 nitrogen and oxygen atoms in total. The van der Waals surface area contributed by atoms with Crippen LogP contribution >= 0.6 is 0 Å². The topological polar surface area (TPSA) is 55.1 Å². The predicted molar refractivity (Wildman–Crippen MR) is 82.6 cm³/mol. The Morgan fingerprint density at radius 3 is 2.67 bits per heavy atom. The molecule has 0 aliphatic carbocycles. The van der Waals surface area contributed by atoms with E-state index in [1.807, 2.05) is 38.1 Å². The number of benzene rings is 2. The average molecular weight is 286 g/mol. The average Bonchev–Trinajstić information content (AvgIpc) is 2.40. The molecule has 21 heavy (non-hydrogen) atoms. The molecule has 0 saturated heterocycles. The Bertz CT molecular complexity index is 635. The number of hydrogen-bond donors (Lipinski definition) is 2. The summed E-state index contributed by atoms with van der Waals surface area (Å²) in [6.45, 7) is 3.96. The molecule has 0 aromatic heterocycles. The SMILES string of the molecule is Cc1ccccc1CC(C)NC(=O)c1cc(N)cc(F)c1. The highest BCUT2D eigenvalue weighted by atomic mass is 19.1. The molecule has 3 N–H and O–H groups in total. The molecule has 2 rings (SSSR count). The van der Waals surface area contributed by atoms with Gasteiger partial charge in [0.25, 0.3) is 5.91 Å². The van der Waals surface area contributed by atoms with Crippen LogP contribution in [0.4, 0.5) is 10.1 Å². The first-order chi connectivity index (χ1) is 9.95. The summed E-state index contributed by atoms with van der Waals surface area (Å²) in [5, 5.41) is 2.87. The van der Waals surface area contributed by atoms with E-state index in [4.69, 9.17) is 5.73 Å². The van der Waals surface area contributed by atoms with Crippen molar-refractivity contribution in [3.8, 4) is 0 Å². The highest BCUT2D eigenvalue weighted by molar-refractivity contribution is 5.95. The lowest BCUT2D eigenvalue weighted by Gasteiger charge is -2.15. The van der Waals surface area contributed by atoms with E-state index in [1.165, 1.54) is 29.3 Å². The lowest BCUT2D eigenvalue weighted by atomic mass is 10.0. The fraction of sp³-hybridized carbons (Fsp3) is 0.235. The molecule has 0 heterocycles. The van der Waals surface area contributed by atoms with Crippen molar-refractivity contribution in [3.63, 3.8) is 0 Å². The highest BCUT2D eigenvalue weighted by Crippen LogP contribution is 2.12. The van der Waals surface area contributed by atoms with E-state index in [-0.39, 0.29) is 23.2 Å². The molecular formula is C17H19FN2O. The van der Waals surface area contributed by atoms with Crippen LogP contribution in [-0.4, -0.2) is 11.9 Å². The third-order valence-electron chi connectivity index (χ3n) is 3.35. The number of nitrogens with two attached hydrogens (primary N) is 1. The quantitative estimate of drug-likeness (QED) is 0.849. The van der Waals surface area contributed by atoms with Crippen molar-refractivity contribution in [3.05, 3.63) is 65.0 Å². The van der Waals surface area contributed by atoms with Crippen molar-refractivity contribution < 1.29 is 9.18 Å². The van der Waals surface area contributed by atoms with Crippen molar-refractivity contribution in [1.82, 2.24) is 5.32 Å². The summed E-state index contributed by atoms with van der Waals surface area (Å²) in [6, 6.07) is 11.8. The molecule has 0 saturated carbocycles. The highest BCUT2D eigenvalue weighted by Gasteiger charge is 2.12. The van der Waals surface area contributed by atoms with Gasteiger partial charge in [-0.05, 0) is 49.6 Å². The molecule has 1 atom stereocenters. The van der Waals surface area contributed by atoms with Crippen LogP contribution in [0, 0.1) is 12.7 Å². The Hall–Kier alpha value is -2.36. The monoisotopic (exact) mass is 286 g/mol. The third-order valence-corrected chi connectivity index (χ3v) is 3.35. The zero-order valence-corrected chi connectivity index (χ0v) is 12.2. The minimum atomic E-state index is -0.508. The standard InChI is InChI=1S/C17H19FN2O/c1-11-5-3-4-6-13(11)7-12(2)20-17(21)14-8-15(18)10-16(19)9-14/h3-6,8-10,12H,7,19H2,1-2H3,(H,20,21). The minimum Gasteiger partial charge on any atom is -0.399 e. The van der Waals surface area contributed by atoms with E-state index in [1.54, 1.807) is 0 Å². The van der Waals surface area contributed by atoms with Gasteiger partial charge in [-0.1, -0.05) is 24.3 Å². The summed E-state index contributed by atoms with van der Waals surface area (Å²) in [6.07, 6.45) is 0.725. The van der Waals surface area contributed by atoms with Crippen LogP contribution in [0.3, 0.4) is 0 Å². The number of amides is 1. The van der Waals surface area contributed by atoms with Gasteiger partial charge in [-0.15, -0.1) is 0 Å². The molecule has 0 aliphatic heterocycles. The first kappa shape index (κ1) is 15.0. The Labute approximate surface area is 124 Å². The Morgan fingerprint density at radius 2 is 2.00 bits per heavy atom. The summed E-state index contributed by atoms with van der Waals surface area (Å²) in [7, 11) is 0. The second-order valence-corrected chi connectivity index (χ2v) is 5.28. The van der Waals surface area contributed by atoms with Gasteiger partial charge >= 0.3 is 0 Å². The first-order valence-electron chi connectivity index (χ1n) is 6.87. The molecule has 0 spiro atoms. The molecule has 1 unspecified atom stereocenters. The van der Waals surface area contributed by atoms with Gasteiger partial charge in [-0.2, -0.15) is 0 Å². The number of halogens is 1. The number of nitrogen functional groups attached to an aromatic ring is 1. The first-order valence-corrected chi connectivity index (χ1v) is 6.87. The van der Waals surface area contributed by atoms with Gasteiger partial charge in [0, 0.05) is 17.3 Å². The number of aryl methyl sites for hydroxylation is 1. The molecule has 0 radical (unpaired) electrons. The second kappa shape index (κ2) is 6.39. The van der Waals surface area contributed by atoms with Gasteiger partial charge in [-0.25, -0.2) is 4.39 Å². The summed E-state index contributed by atoms with van der Waals surface area (Å²) in [5.74, 6) is -0.825. The normalized spacial score (nSPS) is 12.0. The molecule has 0 bridgehead atoms. The van der Waals surface area contributed by atoms with Crippen LogP contribution in [0.5, 0.6) is 0 Å². The number of rotatable bonds is 4.